The Labute approximate surface area is 164 Å². The topological polar surface area (TPSA) is 141 Å². The molecule has 10 heteroatoms. The van der Waals surface area contributed by atoms with E-state index in [-0.39, 0.29) is 24.1 Å². The zero-order valence-electron chi connectivity index (χ0n) is 15.1. The van der Waals surface area contributed by atoms with Crippen LogP contribution >= 0.6 is 0 Å². The number of nitrogens with zero attached hydrogens (tertiary/aromatic N) is 4. The molecule has 1 heterocycles. The number of carbonyl (C=O) groups is 1. The van der Waals surface area contributed by atoms with E-state index >= 15 is 0 Å². The molecule has 0 aliphatic heterocycles. The summed E-state index contributed by atoms with van der Waals surface area (Å²) in [7, 11) is 0. The van der Waals surface area contributed by atoms with Gasteiger partial charge in [0, 0.05) is 17.7 Å². The highest BCUT2D eigenvalue weighted by Gasteiger charge is 2.19. The molecule has 2 aromatic carbocycles. The van der Waals surface area contributed by atoms with Gasteiger partial charge in [-0.3, -0.25) is 10.1 Å². The first-order valence-corrected chi connectivity index (χ1v) is 8.37. The van der Waals surface area contributed by atoms with Gasteiger partial charge >= 0.3 is 5.97 Å². The van der Waals surface area contributed by atoms with Gasteiger partial charge in [0.1, 0.15) is 5.75 Å². The van der Waals surface area contributed by atoms with Crippen LogP contribution in [0.1, 0.15) is 24.5 Å². The summed E-state index contributed by atoms with van der Waals surface area (Å²) < 4.78 is 16.0. The zero-order chi connectivity index (χ0) is 20.8. The first-order chi connectivity index (χ1) is 14.0. The summed E-state index contributed by atoms with van der Waals surface area (Å²) in [5, 5.41) is 27.2. The van der Waals surface area contributed by atoms with Crippen molar-refractivity contribution >= 4 is 11.7 Å². The molecule has 3 aromatic rings. The van der Waals surface area contributed by atoms with Crippen LogP contribution in [0.25, 0.3) is 11.5 Å². The Bertz CT molecular complexity index is 1050. The number of nitro benzene ring substituents is 1. The van der Waals surface area contributed by atoms with Gasteiger partial charge in [-0.15, -0.1) is 10.2 Å². The Hall–Kier alpha value is -4.26. The van der Waals surface area contributed by atoms with E-state index in [1.165, 1.54) is 24.3 Å². The van der Waals surface area contributed by atoms with E-state index in [1.54, 1.807) is 31.2 Å². The van der Waals surface area contributed by atoms with E-state index in [0.717, 1.165) is 0 Å². The number of nitro groups is 1. The van der Waals surface area contributed by atoms with Crippen LogP contribution < -0.4 is 4.74 Å². The molecule has 3 rings (SSSR count). The third-order valence-corrected chi connectivity index (χ3v) is 3.76. The van der Waals surface area contributed by atoms with E-state index in [0.29, 0.717) is 16.9 Å². The molecule has 0 aliphatic carbocycles. The number of hydrogen-bond donors (Lipinski definition) is 0. The molecule has 0 fully saturated rings. The van der Waals surface area contributed by atoms with Crippen molar-refractivity contribution in [2.75, 3.05) is 6.61 Å². The van der Waals surface area contributed by atoms with Crippen LogP contribution in [0, 0.1) is 21.4 Å². The van der Waals surface area contributed by atoms with Crippen LogP contribution in [0.15, 0.2) is 52.9 Å². The summed E-state index contributed by atoms with van der Waals surface area (Å²) in [5.41, 5.74) is 0.920. The standard InChI is InChI=1S/C19H14N4O6/c1-12(28-17(24)11-27-16-8-2-13(10-20)3-9-16)18-21-22-19(29-18)14-4-6-15(7-5-14)23(25)26/h2-9,12H,11H2,1H3/t12-/m0/s1. The van der Waals surface area contributed by atoms with Crippen LogP contribution in [0.5, 0.6) is 5.75 Å². The second-order valence-electron chi connectivity index (χ2n) is 5.81. The van der Waals surface area contributed by atoms with Gasteiger partial charge in [0.2, 0.25) is 5.89 Å². The summed E-state index contributed by atoms with van der Waals surface area (Å²) in [6.45, 7) is 1.23. The third-order valence-electron chi connectivity index (χ3n) is 3.76. The number of esters is 1. The van der Waals surface area contributed by atoms with Gasteiger partial charge in [0.25, 0.3) is 11.6 Å². The zero-order valence-corrected chi connectivity index (χ0v) is 15.1. The highest BCUT2D eigenvalue weighted by Crippen LogP contribution is 2.24. The summed E-state index contributed by atoms with van der Waals surface area (Å²) >= 11 is 0. The molecule has 29 heavy (non-hydrogen) atoms. The number of nitriles is 1. The van der Waals surface area contributed by atoms with Crippen molar-refractivity contribution in [2.24, 2.45) is 0 Å². The first-order valence-electron chi connectivity index (χ1n) is 8.37. The number of aromatic nitrogens is 2. The van der Waals surface area contributed by atoms with Crippen molar-refractivity contribution in [1.29, 1.82) is 5.26 Å². The fourth-order valence-electron chi connectivity index (χ4n) is 2.29. The van der Waals surface area contributed by atoms with Crippen LogP contribution in [-0.4, -0.2) is 27.7 Å². The lowest BCUT2D eigenvalue weighted by molar-refractivity contribution is -0.384. The quantitative estimate of drug-likeness (QED) is 0.335. The molecule has 0 saturated carbocycles. The SMILES string of the molecule is C[C@H](OC(=O)COc1ccc(C#N)cc1)c1nnc(-c2ccc([N+](=O)[O-])cc2)o1. The average molecular weight is 394 g/mol. The fourth-order valence-corrected chi connectivity index (χ4v) is 2.29. The largest absolute Gasteiger partial charge is 0.482 e. The minimum Gasteiger partial charge on any atom is -0.482 e. The molecule has 146 valence electrons. The van der Waals surface area contributed by atoms with E-state index in [2.05, 4.69) is 10.2 Å². The number of rotatable bonds is 7. The van der Waals surface area contributed by atoms with Crippen LogP contribution in [0.3, 0.4) is 0 Å². The first kappa shape index (κ1) is 19.5. The Morgan fingerprint density at radius 2 is 1.90 bits per heavy atom. The van der Waals surface area contributed by atoms with Crippen LogP contribution in [0.4, 0.5) is 5.69 Å². The third kappa shape index (κ3) is 4.92. The van der Waals surface area contributed by atoms with Crippen molar-refractivity contribution in [1.82, 2.24) is 10.2 Å². The second-order valence-corrected chi connectivity index (χ2v) is 5.81. The lowest BCUT2D eigenvalue weighted by Gasteiger charge is -2.10. The minimum atomic E-state index is -0.814. The molecule has 0 N–H and O–H groups in total. The Morgan fingerprint density at radius 3 is 2.52 bits per heavy atom. The summed E-state index contributed by atoms with van der Waals surface area (Å²) in [4.78, 5) is 22.1. The van der Waals surface area contributed by atoms with Crippen molar-refractivity contribution in [3.8, 4) is 23.3 Å². The highest BCUT2D eigenvalue weighted by atomic mass is 16.6. The minimum absolute atomic E-state index is 0.0574. The van der Waals surface area contributed by atoms with Crippen LogP contribution in [0.2, 0.25) is 0 Å². The molecule has 0 radical (unpaired) electrons. The number of ether oxygens (including phenoxy) is 2. The number of non-ortho nitro benzene ring substituents is 1. The average Bonchev–Trinajstić information content (AvgIpc) is 3.23. The normalized spacial score (nSPS) is 11.3. The predicted molar refractivity (Wildman–Crippen MR) is 97.5 cm³/mol. The second kappa shape index (κ2) is 8.62. The van der Waals surface area contributed by atoms with Gasteiger partial charge < -0.3 is 13.9 Å². The molecule has 0 amide bonds. The Morgan fingerprint density at radius 1 is 1.21 bits per heavy atom. The molecule has 1 atom stereocenters. The van der Waals surface area contributed by atoms with Crippen LogP contribution in [-0.2, 0) is 9.53 Å². The molecule has 0 saturated heterocycles. The molecule has 0 spiro atoms. The Balaban J connectivity index is 1.56. The van der Waals surface area contributed by atoms with Gasteiger partial charge in [0.15, 0.2) is 12.7 Å². The van der Waals surface area contributed by atoms with Crippen molar-refractivity contribution in [2.45, 2.75) is 13.0 Å². The highest BCUT2D eigenvalue weighted by molar-refractivity contribution is 5.71. The predicted octanol–water partition coefficient (Wildman–Crippen LogP) is 3.20. The van der Waals surface area contributed by atoms with Gasteiger partial charge in [0.05, 0.1) is 16.6 Å². The lowest BCUT2D eigenvalue weighted by Crippen LogP contribution is -2.17. The number of benzene rings is 2. The molecule has 1 aromatic heterocycles. The van der Waals surface area contributed by atoms with E-state index in [4.69, 9.17) is 19.2 Å². The number of carbonyl (C=O) groups excluding carboxylic acids is 1. The lowest BCUT2D eigenvalue weighted by atomic mass is 10.2. The van der Waals surface area contributed by atoms with Gasteiger partial charge in [-0.25, -0.2) is 4.79 Å². The molecule has 10 nitrogen and oxygen atoms in total. The van der Waals surface area contributed by atoms with E-state index < -0.39 is 17.0 Å². The molecule has 0 aliphatic rings. The summed E-state index contributed by atoms with van der Waals surface area (Å²) in [5.74, 6) is 0.000464. The Kier molecular flexibility index (Phi) is 5.80. The summed E-state index contributed by atoms with van der Waals surface area (Å²) in [6.07, 6.45) is -0.814. The van der Waals surface area contributed by atoms with Crippen molar-refractivity contribution in [3.63, 3.8) is 0 Å². The molecular formula is C19H14N4O6. The smallest absolute Gasteiger partial charge is 0.344 e. The monoisotopic (exact) mass is 394 g/mol. The van der Waals surface area contributed by atoms with Gasteiger partial charge in [-0.1, -0.05) is 0 Å². The van der Waals surface area contributed by atoms with Gasteiger partial charge in [-0.2, -0.15) is 5.26 Å². The van der Waals surface area contributed by atoms with E-state index in [9.17, 15) is 14.9 Å². The summed E-state index contributed by atoms with van der Waals surface area (Å²) in [6, 6.07) is 13.9. The van der Waals surface area contributed by atoms with E-state index in [1.807, 2.05) is 6.07 Å². The maximum atomic E-state index is 11.9. The fraction of sp³-hybridized carbons (Fsp3) is 0.158. The van der Waals surface area contributed by atoms with Gasteiger partial charge in [-0.05, 0) is 43.3 Å². The molecule has 0 unspecified atom stereocenters. The van der Waals surface area contributed by atoms with Crippen molar-refractivity contribution < 1.29 is 23.6 Å². The maximum Gasteiger partial charge on any atom is 0.344 e. The van der Waals surface area contributed by atoms with Crippen molar-refractivity contribution in [3.05, 3.63) is 70.1 Å². The molecular weight excluding hydrogens is 380 g/mol. The maximum absolute atomic E-state index is 11.9. The number of hydrogen-bond acceptors (Lipinski definition) is 9. The molecule has 0 bridgehead atoms.